The summed E-state index contributed by atoms with van der Waals surface area (Å²) in [6.45, 7) is 0. The average molecular weight is 267 g/mol. The highest BCUT2D eigenvalue weighted by Crippen LogP contribution is 2.24. The van der Waals surface area contributed by atoms with Crippen LogP contribution in [-0.2, 0) is 0 Å². The molecular formula is C13H8F3NO2. The molecule has 0 aliphatic rings. The molecule has 2 rings (SSSR count). The molecule has 0 fully saturated rings. The molecule has 3 nitrogen and oxygen atoms in total. The first kappa shape index (κ1) is 12.9. The van der Waals surface area contributed by atoms with Crippen LogP contribution >= 0.6 is 0 Å². The maximum Gasteiger partial charge on any atom is 0.337 e. The lowest BCUT2D eigenvalue weighted by atomic mass is 10.1. The number of rotatable bonds is 3. The van der Waals surface area contributed by atoms with E-state index in [9.17, 15) is 18.0 Å². The third-order valence-electron chi connectivity index (χ3n) is 2.41. The lowest BCUT2D eigenvalue weighted by Crippen LogP contribution is -2.04. The van der Waals surface area contributed by atoms with Gasteiger partial charge < -0.3 is 10.4 Å². The number of hydrogen-bond donors (Lipinski definition) is 2. The van der Waals surface area contributed by atoms with E-state index < -0.39 is 23.4 Å². The summed E-state index contributed by atoms with van der Waals surface area (Å²) in [5.74, 6) is -3.70. The molecule has 98 valence electrons. The maximum atomic E-state index is 13.4. The summed E-state index contributed by atoms with van der Waals surface area (Å²) in [4.78, 5) is 10.9. The number of carbonyl (C=O) groups is 1. The first-order chi connectivity index (χ1) is 8.97. The maximum absolute atomic E-state index is 13.4. The zero-order valence-electron chi connectivity index (χ0n) is 9.45. The number of hydrogen-bond acceptors (Lipinski definition) is 2. The minimum Gasteiger partial charge on any atom is -0.478 e. The summed E-state index contributed by atoms with van der Waals surface area (Å²) in [5, 5.41) is 11.4. The highest BCUT2D eigenvalue weighted by Gasteiger charge is 2.13. The monoisotopic (exact) mass is 267 g/mol. The van der Waals surface area contributed by atoms with Gasteiger partial charge in [0.15, 0.2) is 0 Å². The van der Waals surface area contributed by atoms with Crippen LogP contribution in [0.4, 0.5) is 24.5 Å². The van der Waals surface area contributed by atoms with Crippen molar-refractivity contribution in [2.75, 3.05) is 5.32 Å². The summed E-state index contributed by atoms with van der Waals surface area (Å²) in [6.07, 6.45) is 0. The van der Waals surface area contributed by atoms with E-state index in [0.29, 0.717) is 6.07 Å². The van der Waals surface area contributed by atoms with Gasteiger partial charge in [-0.15, -0.1) is 0 Å². The van der Waals surface area contributed by atoms with Gasteiger partial charge in [0, 0.05) is 6.07 Å². The van der Waals surface area contributed by atoms with Crippen molar-refractivity contribution in [3.05, 3.63) is 59.4 Å². The van der Waals surface area contributed by atoms with Gasteiger partial charge in [-0.3, -0.25) is 0 Å². The van der Waals surface area contributed by atoms with E-state index in [0.717, 1.165) is 24.3 Å². The van der Waals surface area contributed by atoms with E-state index in [2.05, 4.69) is 5.32 Å². The van der Waals surface area contributed by atoms with Gasteiger partial charge in [-0.1, -0.05) is 0 Å². The topological polar surface area (TPSA) is 49.3 Å². The minimum absolute atomic E-state index is 0.0133. The van der Waals surface area contributed by atoms with Crippen molar-refractivity contribution in [1.29, 1.82) is 0 Å². The predicted octanol–water partition coefficient (Wildman–Crippen LogP) is 3.55. The van der Waals surface area contributed by atoms with Crippen LogP contribution in [0.5, 0.6) is 0 Å². The zero-order valence-corrected chi connectivity index (χ0v) is 9.45. The van der Waals surface area contributed by atoms with Crippen molar-refractivity contribution in [1.82, 2.24) is 0 Å². The van der Waals surface area contributed by atoms with Crippen molar-refractivity contribution in [2.24, 2.45) is 0 Å². The predicted molar refractivity (Wildman–Crippen MR) is 63.0 cm³/mol. The van der Waals surface area contributed by atoms with Gasteiger partial charge in [0.2, 0.25) is 0 Å². The van der Waals surface area contributed by atoms with Crippen molar-refractivity contribution in [3.63, 3.8) is 0 Å². The Balaban J connectivity index is 2.40. The molecule has 2 aromatic carbocycles. The smallest absolute Gasteiger partial charge is 0.337 e. The largest absolute Gasteiger partial charge is 0.478 e. The molecule has 0 aliphatic heterocycles. The van der Waals surface area contributed by atoms with Crippen LogP contribution in [0.3, 0.4) is 0 Å². The molecule has 19 heavy (non-hydrogen) atoms. The number of carboxylic acid groups (broad SMARTS) is 1. The average Bonchev–Trinajstić information content (AvgIpc) is 2.34. The molecule has 6 heteroatoms. The minimum atomic E-state index is -1.36. The van der Waals surface area contributed by atoms with Gasteiger partial charge in [0.05, 0.1) is 16.9 Å². The second kappa shape index (κ2) is 5.01. The number of halogens is 3. The number of aromatic carboxylic acids is 1. The van der Waals surface area contributed by atoms with E-state index in [1.165, 1.54) is 6.07 Å². The van der Waals surface area contributed by atoms with Crippen LogP contribution in [-0.4, -0.2) is 11.1 Å². The number of benzene rings is 2. The zero-order chi connectivity index (χ0) is 14.0. The molecule has 0 spiro atoms. The molecule has 0 radical (unpaired) electrons. The molecule has 0 aromatic heterocycles. The molecule has 0 heterocycles. The Hall–Kier alpha value is -2.50. The molecule has 0 bridgehead atoms. The summed E-state index contributed by atoms with van der Waals surface area (Å²) < 4.78 is 39.1. The van der Waals surface area contributed by atoms with Gasteiger partial charge in [-0.05, 0) is 30.3 Å². The summed E-state index contributed by atoms with van der Waals surface area (Å²) >= 11 is 0. The fraction of sp³-hybridized carbons (Fsp3) is 0. The van der Waals surface area contributed by atoms with E-state index >= 15 is 0 Å². The molecule has 0 saturated carbocycles. The Labute approximate surface area is 106 Å². The van der Waals surface area contributed by atoms with Crippen LogP contribution in [0, 0.1) is 17.5 Å². The van der Waals surface area contributed by atoms with Gasteiger partial charge in [-0.25, -0.2) is 18.0 Å². The van der Waals surface area contributed by atoms with Crippen molar-refractivity contribution < 1.29 is 23.1 Å². The van der Waals surface area contributed by atoms with Crippen LogP contribution in [0.25, 0.3) is 0 Å². The van der Waals surface area contributed by atoms with Crippen molar-refractivity contribution in [2.45, 2.75) is 0 Å². The fourth-order valence-corrected chi connectivity index (χ4v) is 1.54. The molecule has 0 saturated heterocycles. The Morgan fingerprint density at radius 1 is 0.947 bits per heavy atom. The first-order valence-corrected chi connectivity index (χ1v) is 5.22. The number of anilines is 2. The standard InChI is InChI=1S/C13H8F3NO2/c14-7-1-3-11(9(5-7)13(18)19)17-12-4-2-8(15)6-10(12)16/h1-6,17H,(H,18,19). The summed E-state index contributed by atoms with van der Waals surface area (Å²) in [6, 6.07) is 5.82. The Kier molecular flexibility index (Phi) is 3.41. The highest BCUT2D eigenvalue weighted by molar-refractivity contribution is 5.95. The Morgan fingerprint density at radius 3 is 2.11 bits per heavy atom. The molecule has 0 amide bonds. The van der Waals surface area contributed by atoms with Crippen LogP contribution in [0.15, 0.2) is 36.4 Å². The summed E-state index contributed by atoms with van der Waals surface area (Å²) in [7, 11) is 0. The van der Waals surface area contributed by atoms with Gasteiger partial charge >= 0.3 is 5.97 Å². The third-order valence-corrected chi connectivity index (χ3v) is 2.41. The molecule has 2 N–H and O–H groups in total. The van der Waals surface area contributed by atoms with E-state index in [-0.39, 0.29) is 16.9 Å². The van der Waals surface area contributed by atoms with E-state index in [4.69, 9.17) is 5.11 Å². The third kappa shape index (κ3) is 2.85. The van der Waals surface area contributed by atoms with Crippen LogP contribution in [0.1, 0.15) is 10.4 Å². The fourth-order valence-electron chi connectivity index (χ4n) is 1.54. The highest BCUT2D eigenvalue weighted by atomic mass is 19.1. The summed E-state index contributed by atoms with van der Waals surface area (Å²) in [5.41, 5.74) is -0.432. The molecule has 0 atom stereocenters. The normalized spacial score (nSPS) is 10.3. The molecule has 0 aliphatic carbocycles. The van der Waals surface area contributed by atoms with Gasteiger partial charge in [0.1, 0.15) is 17.5 Å². The Morgan fingerprint density at radius 2 is 1.53 bits per heavy atom. The van der Waals surface area contributed by atoms with Gasteiger partial charge in [0.25, 0.3) is 0 Å². The van der Waals surface area contributed by atoms with Crippen molar-refractivity contribution in [3.8, 4) is 0 Å². The molecule has 2 aromatic rings. The van der Waals surface area contributed by atoms with E-state index in [1.807, 2.05) is 0 Å². The molecular weight excluding hydrogens is 259 g/mol. The second-order valence-electron chi connectivity index (χ2n) is 3.74. The Bertz CT molecular complexity index is 644. The first-order valence-electron chi connectivity index (χ1n) is 5.22. The SMILES string of the molecule is O=C(O)c1cc(F)ccc1Nc1ccc(F)cc1F. The van der Waals surface area contributed by atoms with Gasteiger partial charge in [-0.2, -0.15) is 0 Å². The lowest BCUT2D eigenvalue weighted by Gasteiger charge is -2.10. The lowest BCUT2D eigenvalue weighted by molar-refractivity contribution is 0.0697. The quantitative estimate of drug-likeness (QED) is 0.894. The van der Waals surface area contributed by atoms with E-state index in [1.54, 1.807) is 0 Å². The molecule has 0 unspecified atom stereocenters. The van der Waals surface area contributed by atoms with Crippen molar-refractivity contribution >= 4 is 17.3 Å². The van der Waals surface area contributed by atoms with Crippen LogP contribution < -0.4 is 5.32 Å². The number of nitrogens with one attached hydrogen (secondary N) is 1. The number of carboxylic acids is 1. The second-order valence-corrected chi connectivity index (χ2v) is 3.74. The van der Waals surface area contributed by atoms with Crippen LogP contribution in [0.2, 0.25) is 0 Å².